The van der Waals surface area contributed by atoms with Crippen LogP contribution in [0, 0.1) is 17.0 Å². The van der Waals surface area contributed by atoms with Gasteiger partial charge in [0.05, 0.1) is 11.3 Å². The monoisotopic (exact) mass is 265 g/mol. The molecule has 2 rings (SSSR count). The van der Waals surface area contributed by atoms with E-state index < -0.39 is 16.5 Å². The normalized spacial score (nSPS) is 16.5. The summed E-state index contributed by atoms with van der Waals surface area (Å²) in [5, 5.41) is 19.6. The molecule has 0 aromatic heterocycles. The first-order valence-electron chi connectivity index (χ1n) is 6.08. The number of nitrogens with zero attached hydrogens (tertiary/aromatic N) is 1. The van der Waals surface area contributed by atoms with E-state index in [0.29, 0.717) is 24.2 Å². The smallest absolute Gasteiger partial charge is 0.307 e. The zero-order chi connectivity index (χ0) is 14.0. The van der Waals surface area contributed by atoms with Gasteiger partial charge in [0.2, 0.25) is 0 Å². The van der Waals surface area contributed by atoms with Gasteiger partial charge >= 0.3 is 5.97 Å². The van der Waals surface area contributed by atoms with Crippen LogP contribution in [0.15, 0.2) is 18.2 Å². The number of hydrogen-bond donors (Lipinski definition) is 1. The van der Waals surface area contributed by atoms with E-state index in [1.54, 1.807) is 6.92 Å². The van der Waals surface area contributed by atoms with Crippen molar-refractivity contribution in [3.05, 3.63) is 33.9 Å². The zero-order valence-corrected chi connectivity index (χ0v) is 10.6. The Hall–Kier alpha value is -2.11. The van der Waals surface area contributed by atoms with Gasteiger partial charge in [0.25, 0.3) is 5.69 Å². The lowest BCUT2D eigenvalue weighted by Gasteiger charge is -2.41. The van der Waals surface area contributed by atoms with E-state index in [-0.39, 0.29) is 12.1 Å². The standard InChI is InChI=1S/C13H15NO5/c1-9-7-10(14(17)18)3-4-11(9)19-13(5-2-6-13)8-12(15)16/h3-4,7H,2,5-6,8H2,1H3,(H,15,16). The molecule has 1 aromatic carbocycles. The van der Waals surface area contributed by atoms with Crippen LogP contribution in [0.5, 0.6) is 5.75 Å². The van der Waals surface area contributed by atoms with Crippen LogP contribution in [-0.2, 0) is 4.79 Å². The van der Waals surface area contributed by atoms with Crippen LogP contribution in [-0.4, -0.2) is 21.6 Å². The molecule has 0 aliphatic heterocycles. The number of nitro groups is 1. The average Bonchev–Trinajstić information content (AvgIpc) is 2.27. The minimum atomic E-state index is -0.890. The molecule has 1 aliphatic carbocycles. The molecule has 1 N–H and O–H groups in total. The molecule has 1 aliphatic rings. The molecule has 1 aromatic rings. The van der Waals surface area contributed by atoms with Crippen LogP contribution in [0.2, 0.25) is 0 Å². The summed E-state index contributed by atoms with van der Waals surface area (Å²) >= 11 is 0. The van der Waals surface area contributed by atoms with Crippen molar-refractivity contribution in [1.29, 1.82) is 0 Å². The van der Waals surface area contributed by atoms with Crippen molar-refractivity contribution in [2.24, 2.45) is 0 Å². The molecule has 1 fully saturated rings. The maximum atomic E-state index is 10.9. The second-order valence-corrected chi connectivity index (χ2v) is 4.92. The molecular weight excluding hydrogens is 250 g/mol. The summed E-state index contributed by atoms with van der Waals surface area (Å²) in [5.41, 5.74) is 0.00353. The topological polar surface area (TPSA) is 89.7 Å². The number of benzene rings is 1. The number of carboxylic acid groups (broad SMARTS) is 1. The highest BCUT2D eigenvalue weighted by Crippen LogP contribution is 2.40. The molecule has 0 saturated heterocycles. The van der Waals surface area contributed by atoms with E-state index in [9.17, 15) is 14.9 Å². The first-order valence-corrected chi connectivity index (χ1v) is 6.08. The quantitative estimate of drug-likeness (QED) is 0.653. The van der Waals surface area contributed by atoms with Crippen LogP contribution in [0.1, 0.15) is 31.2 Å². The number of nitro benzene ring substituents is 1. The van der Waals surface area contributed by atoms with Crippen LogP contribution >= 0.6 is 0 Å². The first-order chi connectivity index (χ1) is 8.92. The van der Waals surface area contributed by atoms with Crippen LogP contribution < -0.4 is 4.74 Å². The summed E-state index contributed by atoms with van der Waals surface area (Å²) in [7, 11) is 0. The summed E-state index contributed by atoms with van der Waals surface area (Å²) in [4.78, 5) is 21.0. The highest BCUT2D eigenvalue weighted by atomic mass is 16.6. The van der Waals surface area contributed by atoms with Gasteiger partial charge in [0.15, 0.2) is 0 Å². The fraction of sp³-hybridized carbons (Fsp3) is 0.462. The Labute approximate surface area is 110 Å². The predicted octanol–water partition coefficient (Wildman–Crippen LogP) is 2.68. The van der Waals surface area contributed by atoms with Gasteiger partial charge in [-0.15, -0.1) is 0 Å². The van der Waals surface area contributed by atoms with Gasteiger partial charge in [-0.05, 0) is 37.8 Å². The number of aliphatic carboxylic acids is 1. The third-order valence-corrected chi connectivity index (χ3v) is 3.43. The van der Waals surface area contributed by atoms with Gasteiger partial charge in [0, 0.05) is 12.1 Å². The van der Waals surface area contributed by atoms with E-state index in [0.717, 1.165) is 6.42 Å². The van der Waals surface area contributed by atoms with Gasteiger partial charge in [-0.25, -0.2) is 0 Å². The van der Waals surface area contributed by atoms with E-state index in [1.165, 1.54) is 18.2 Å². The maximum absolute atomic E-state index is 10.9. The molecule has 0 spiro atoms. The number of carbonyl (C=O) groups is 1. The Balaban J connectivity index is 2.18. The lowest BCUT2D eigenvalue weighted by Crippen LogP contribution is -2.45. The molecule has 102 valence electrons. The third-order valence-electron chi connectivity index (χ3n) is 3.43. The van der Waals surface area contributed by atoms with Crippen molar-refractivity contribution in [2.45, 2.75) is 38.2 Å². The minimum Gasteiger partial charge on any atom is -0.486 e. The number of aryl methyl sites for hydroxylation is 1. The highest BCUT2D eigenvalue weighted by molar-refractivity contribution is 5.68. The lowest BCUT2D eigenvalue weighted by molar-refractivity contribution is -0.384. The fourth-order valence-electron chi connectivity index (χ4n) is 2.26. The largest absolute Gasteiger partial charge is 0.486 e. The molecule has 0 unspecified atom stereocenters. The lowest BCUT2D eigenvalue weighted by atomic mass is 9.77. The first kappa shape index (κ1) is 13.3. The van der Waals surface area contributed by atoms with E-state index in [1.807, 2.05) is 0 Å². The van der Waals surface area contributed by atoms with Crippen molar-refractivity contribution in [1.82, 2.24) is 0 Å². The molecule has 6 heteroatoms. The Kier molecular flexibility index (Phi) is 3.42. The molecule has 19 heavy (non-hydrogen) atoms. The minimum absolute atomic E-state index is 0.00532. The van der Waals surface area contributed by atoms with Crippen LogP contribution in [0.25, 0.3) is 0 Å². The Morgan fingerprint density at radius 1 is 1.53 bits per heavy atom. The Morgan fingerprint density at radius 2 is 2.21 bits per heavy atom. The summed E-state index contributed by atoms with van der Waals surface area (Å²) in [6.07, 6.45) is 2.31. The van der Waals surface area contributed by atoms with Gasteiger partial charge in [0.1, 0.15) is 11.4 Å². The van der Waals surface area contributed by atoms with Gasteiger partial charge in [-0.2, -0.15) is 0 Å². The van der Waals surface area contributed by atoms with E-state index >= 15 is 0 Å². The predicted molar refractivity (Wildman–Crippen MR) is 67.3 cm³/mol. The highest BCUT2D eigenvalue weighted by Gasteiger charge is 2.41. The van der Waals surface area contributed by atoms with Gasteiger partial charge in [-0.3, -0.25) is 14.9 Å². The SMILES string of the molecule is Cc1cc([N+](=O)[O-])ccc1OC1(CC(=O)O)CCC1. The number of rotatable bonds is 5. The summed E-state index contributed by atoms with van der Waals surface area (Å²) < 4.78 is 5.81. The van der Waals surface area contributed by atoms with Crippen LogP contribution in [0.4, 0.5) is 5.69 Å². The van der Waals surface area contributed by atoms with Crippen LogP contribution in [0.3, 0.4) is 0 Å². The molecule has 0 heterocycles. The van der Waals surface area contributed by atoms with Crippen molar-refractivity contribution >= 4 is 11.7 Å². The second-order valence-electron chi connectivity index (χ2n) is 4.92. The molecule has 0 radical (unpaired) electrons. The average molecular weight is 265 g/mol. The van der Waals surface area contributed by atoms with E-state index in [2.05, 4.69) is 0 Å². The van der Waals surface area contributed by atoms with Crippen molar-refractivity contribution < 1.29 is 19.6 Å². The van der Waals surface area contributed by atoms with Crippen molar-refractivity contribution in [3.8, 4) is 5.75 Å². The molecule has 0 atom stereocenters. The molecule has 6 nitrogen and oxygen atoms in total. The van der Waals surface area contributed by atoms with Gasteiger partial charge in [-0.1, -0.05) is 0 Å². The van der Waals surface area contributed by atoms with Crippen molar-refractivity contribution in [2.75, 3.05) is 0 Å². The molecule has 0 amide bonds. The summed E-state index contributed by atoms with van der Waals surface area (Å²) in [5.74, 6) is -0.370. The number of ether oxygens (including phenoxy) is 1. The molecular formula is C13H15NO5. The van der Waals surface area contributed by atoms with Gasteiger partial charge < -0.3 is 9.84 Å². The Bertz CT molecular complexity index is 522. The summed E-state index contributed by atoms with van der Waals surface area (Å²) in [6.45, 7) is 1.72. The third kappa shape index (κ3) is 2.83. The molecule has 0 bridgehead atoms. The molecule has 1 saturated carbocycles. The fourth-order valence-corrected chi connectivity index (χ4v) is 2.26. The van der Waals surface area contributed by atoms with E-state index in [4.69, 9.17) is 9.84 Å². The number of carboxylic acids is 1. The number of non-ortho nitro benzene ring substituents is 1. The maximum Gasteiger partial charge on any atom is 0.307 e. The zero-order valence-electron chi connectivity index (χ0n) is 10.6. The summed E-state index contributed by atoms with van der Waals surface area (Å²) in [6, 6.07) is 4.34. The Morgan fingerprint density at radius 3 is 2.63 bits per heavy atom. The van der Waals surface area contributed by atoms with Crippen molar-refractivity contribution in [3.63, 3.8) is 0 Å². The second kappa shape index (κ2) is 4.87. The number of hydrogen-bond acceptors (Lipinski definition) is 4.